The third kappa shape index (κ3) is 6.76. The maximum absolute atomic E-state index is 15.0. The molecular formula is C39H42N2O11S. The van der Waals surface area contributed by atoms with Gasteiger partial charge >= 0.3 is 0 Å². The molecule has 6 rings (SSSR count). The molecule has 14 heteroatoms. The first kappa shape index (κ1) is 37.9. The van der Waals surface area contributed by atoms with Gasteiger partial charge in [-0.2, -0.15) is 8.42 Å². The van der Waals surface area contributed by atoms with Crippen LogP contribution in [0.3, 0.4) is 0 Å². The van der Waals surface area contributed by atoms with Crippen molar-refractivity contribution in [3.63, 3.8) is 0 Å². The summed E-state index contributed by atoms with van der Waals surface area (Å²) in [5.41, 5.74) is 2.77. The maximum Gasteiger partial charge on any atom is 0.283 e. The zero-order valence-corrected chi connectivity index (χ0v) is 30.6. The normalized spacial score (nSPS) is 13.0. The summed E-state index contributed by atoms with van der Waals surface area (Å²) in [7, 11) is -2.98. The number of aromatic hydroxyl groups is 1. The van der Waals surface area contributed by atoms with Crippen LogP contribution in [0.4, 0.5) is 5.69 Å². The molecule has 53 heavy (non-hydrogen) atoms. The summed E-state index contributed by atoms with van der Waals surface area (Å²) < 4.78 is 36.9. The maximum atomic E-state index is 15.0. The fraction of sp³-hybridized carbons (Fsp3) is 0.385. The second kappa shape index (κ2) is 14.9. The van der Waals surface area contributed by atoms with Crippen LogP contribution in [0.1, 0.15) is 80.2 Å². The molecule has 0 saturated heterocycles. The lowest BCUT2D eigenvalue weighted by Crippen LogP contribution is -2.28. The van der Waals surface area contributed by atoms with Crippen molar-refractivity contribution in [1.82, 2.24) is 5.32 Å². The average molecular weight is 747 g/mol. The molecule has 0 bridgehead atoms. The van der Waals surface area contributed by atoms with E-state index >= 15 is 0 Å². The molecule has 0 atom stereocenters. The number of phenols is 1. The monoisotopic (exact) mass is 746 g/mol. The van der Waals surface area contributed by atoms with Gasteiger partial charge in [-0.25, -0.2) is 0 Å². The summed E-state index contributed by atoms with van der Waals surface area (Å²) in [5, 5.41) is 42.0. The highest BCUT2D eigenvalue weighted by Gasteiger charge is 2.32. The van der Waals surface area contributed by atoms with E-state index in [0.29, 0.717) is 111 Å². The van der Waals surface area contributed by atoms with Crippen LogP contribution in [0.5, 0.6) is 11.5 Å². The van der Waals surface area contributed by atoms with Crippen molar-refractivity contribution in [3.8, 4) is 11.5 Å². The van der Waals surface area contributed by atoms with Gasteiger partial charge in [0.15, 0.2) is 22.4 Å². The second-order valence-electron chi connectivity index (χ2n) is 13.6. The van der Waals surface area contributed by atoms with Gasteiger partial charge in [0.25, 0.3) is 10.1 Å². The number of phenolic OH excluding ortho intramolecular Hbond substituents is 1. The lowest BCUT2D eigenvalue weighted by Gasteiger charge is -2.25. The van der Waals surface area contributed by atoms with Crippen LogP contribution in [0.2, 0.25) is 0 Å². The summed E-state index contributed by atoms with van der Waals surface area (Å²) in [6.07, 6.45) is 4.28. The Morgan fingerprint density at radius 1 is 0.887 bits per heavy atom. The van der Waals surface area contributed by atoms with Crippen LogP contribution in [0.25, 0.3) is 49.2 Å². The zero-order valence-electron chi connectivity index (χ0n) is 29.8. The molecule has 1 aliphatic rings. The Kier molecular flexibility index (Phi) is 10.6. The summed E-state index contributed by atoms with van der Waals surface area (Å²) in [4.78, 5) is 53.1. The van der Waals surface area contributed by atoms with E-state index in [1.165, 1.54) is 13.2 Å². The number of anilines is 1. The van der Waals surface area contributed by atoms with Gasteiger partial charge in [-0.15, -0.1) is 0 Å². The first-order chi connectivity index (χ1) is 25.3. The number of benzene rings is 5. The Morgan fingerprint density at radius 3 is 2.21 bits per heavy atom. The minimum Gasteiger partial charge on any atom is -0.504 e. The summed E-state index contributed by atoms with van der Waals surface area (Å²) in [5.74, 6) is -1.60. The van der Waals surface area contributed by atoms with Gasteiger partial charge in [-0.1, -0.05) is 18.6 Å². The number of amides is 1. The highest BCUT2D eigenvalue weighted by atomic mass is 32.2. The van der Waals surface area contributed by atoms with Crippen molar-refractivity contribution in [2.24, 2.45) is 0 Å². The molecule has 5 aromatic carbocycles. The first-order valence-electron chi connectivity index (χ1n) is 17.6. The van der Waals surface area contributed by atoms with E-state index in [1.807, 2.05) is 13.0 Å². The van der Waals surface area contributed by atoms with Crippen LogP contribution < -0.4 is 26.2 Å². The van der Waals surface area contributed by atoms with Crippen LogP contribution >= 0.6 is 0 Å². The quantitative estimate of drug-likeness (QED) is 0.0359. The fourth-order valence-electron chi connectivity index (χ4n) is 7.90. The largest absolute Gasteiger partial charge is 0.504 e. The minimum absolute atomic E-state index is 0.00700. The van der Waals surface area contributed by atoms with E-state index in [2.05, 4.69) is 10.6 Å². The number of hydrogen-bond donors (Lipinski definition) is 6. The Morgan fingerprint density at radius 2 is 1.57 bits per heavy atom. The van der Waals surface area contributed by atoms with Crippen LogP contribution in [-0.4, -0.2) is 59.5 Å². The van der Waals surface area contributed by atoms with Crippen molar-refractivity contribution in [1.29, 1.82) is 0 Å². The molecule has 280 valence electrons. The molecule has 0 saturated carbocycles. The predicted molar refractivity (Wildman–Crippen MR) is 204 cm³/mol. The molecule has 0 heterocycles. The van der Waals surface area contributed by atoms with E-state index in [1.54, 1.807) is 13.0 Å². The molecule has 13 nitrogen and oxygen atoms in total. The number of aliphatic hydroxyl groups excluding tert-OH is 2. The van der Waals surface area contributed by atoms with Crippen molar-refractivity contribution >= 4 is 76.7 Å². The van der Waals surface area contributed by atoms with Gasteiger partial charge in [-0.05, 0) is 89.4 Å². The molecule has 0 unspecified atom stereocenters. The molecule has 5 aromatic rings. The molecule has 1 aliphatic carbocycles. The lowest BCUT2D eigenvalue weighted by molar-refractivity contribution is -0.121. The van der Waals surface area contributed by atoms with E-state index in [0.717, 1.165) is 5.57 Å². The molecule has 1 amide bonds. The fourth-order valence-corrected chi connectivity index (χ4v) is 8.24. The Hall–Kier alpha value is -4.89. The predicted octanol–water partition coefficient (Wildman–Crippen LogP) is 4.40. The van der Waals surface area contributed by atoms with Crippen molar-refractivity contribution < 1.29 is 42.6 Å². The highest BCUT2D eigenvalue weighted by molar-refractivity contribution is 7.85. The number of methoxy groups -OCH3 is 1. The third-order valence-electron chi connectivity index (χ3n) is 10.2. The van der Waals surface area contributed by atoms with Gasteiger partial charge in [0.05, 0.1) is 31.1 Å². The number of allylic oxidation sites excluding steroid dienone is 1. The Bertz CT molecular complexity index is 2560. The number of rotatable bonds is 16. The number of unbranched alkanes of at least 4 members (excludes halogenated alkanes) is 1. The number of carbonyl (C=O) groups is 2. The Balaban J connectivity index is 1.69. The summed E-state index contributed by atoms with van der Waals surface area (Å²) in [6, 6.07) is 2.94. The third-order valence-corrected chi connectivity index (χ3v) is 10.7. The average Bonchev–Trinajstić information content (AvgIpc) is 3.27. The van der Waals surface area contributed by atoms with E-state index in [4.69, 9.17) is 9.29 Å². The highest BCUT2D eigenvalue weighted by Crippen LogP contribution is 2.53. The van der Waals surface area contributed by atoms with Crippen molar-refractivity contribution in [2.75, 3.05) is 24.8 Å². The first-order valence-corrected chi connectivity index (χ1v) is 19.2. The van der Waals surface area contributed by atoms with E-state index < -0.39 is 40.5 Å². The number of carbonyl (C=O) groups excluding carboxylic acids is 2. The van der Waals surface area contributed by atoms with E-state index in [9.17, 15) is 42.9 Å². The summed E-state index contributed by atoms with van der Waals surface area (Å²) >= 11 is 0. The van der Waals surface area contributed by atoms with Crippen LogP contribution in [0.15, 0.2) is 27.3 Å². The Labute approximate surface area is 304 Å². The smallest absolute Gasteiger partial charge is 0.283 e. The van der Waals surface area contributed by atoms with Crippen LogP contribution in [-0.2, 0) is 45.8 Å². The van der Waals surface area contributed by atoms with Gasteiger partial charge in [0, 0.05) is 53.4 Å². The molecule has 0 aromatic heterocycles. The molecule has 6 N–H and O–H groups in total. The van der Waals surface area contributed by atoms with Gasteiger partial charge in [-0.3, -0.25) is 23.7 Å². The number of ketones is 1. The second-order valence-corrected chi connectivity index (χ2v) is 15.1. The lowest BCUT2D eigenvalue weighted by atomic mass is 9.80. The number of nitrogens with one attached hydrogen (secondary N) is 2. The minimum atomic E-state index is -4.39. The molecular weight excluding hydrogens is 704 g/mol. The molecule has 0 fully saturated rings. The SMILES string of the molecule is CCC(=O)CCCNc1cc(CO)c2c3c(CO)cc(=O)c4c(O)c(OC)c5c(c6c(c(CCCCC(=O)NCS(=O)(=O)O)c(=O)c1c26)C=C(C)C5)c43. The molecule has 0 radical (unpaired) electrons. The number of Topliss-reactive ketones (excluding diaryl/α,β-unsaturated/α-hetero) is 1. The van der Waals surface area contributed by atoms with Gasteiger partial charge in [0.1, 0.15) is 11.7 Å². The number of ether oxygens (including phenoxy) is 1. The van der Waals surface area contributed by atoms with Gasteiger partial charge in [0.2, 0.25) is 5.91 Å². The van der Waals surface area contributed by atoms with Crippen molar-refractivity contribution in [2.45, 2.75) is 78.4 Å². The summed E-state index contributed by atoms with van der Waals surface area (Å²) in [6.45, 7) is 3.05. The zero-order chi connectivity index (χ0) is 38.4. The van der Waals surface area contributed by atoms with E-state index in [-0.39, 0.29) is 46.5 Å². The number of aliphatic hydroxyl groups is 2. The number of hydrogen-bond acceptors (Lipinski definition) is 11. The molecule has 0 spiro atoms. The van der Waals surface area contributed by atoms with Gasteiger partial charge < -0.3 is 30.7 Å². The van der Waals surface area contributed by atoms with Crippen molar-refractivity contribution in [3.05, 3.63) is 66.0 Å². The standard InChI is InChI=1S/C39H42N2O11S/c1-4-22(44)8-7-11-40-26-14-20(16-42)29-30-21(17-43)15-27(45)34-36(30)32-25(39(52-3)38(34)48)13-19(2)12-24-23(37(47)33(26)35(29)31(24)32)9-5-6-10-28(46)41-18-53(49,50)51/h12,14-15,40,42-43,48H,4-11,13,16-18H2,1-3H3,(H,41,46)(H,49,50,51). The number of fused-ring (bicyclic) bond motifs is 1. The topological polar surface area (TPSA) is 217 Å². The molecule has 0 aliphatic heterocycles. The van der Waals surface area contributed by atoms with Crippen LogP contribution in [0, 0.1) is 0 Å².